The molecule has 12 heavy (non-hydrogen) atoms. The summed E-state index contributed by atoms with van der Waals surface area (Å²) in [6, 6.07) is 0. The largest absolute Gasteiger partial charge is 0.457 e. The zero-order chi connectivity index (χ0) is 9.78. The Morgan fingerprint density at radius 1 is 1.42 bits per heavy atom. The fourth-order valence-electron chi connectivity index (χ4n) is 0.580. The molecule has 0 aliphatic rings. The molecule has 0 aliphatic carbocycles. The summed E-state index contributed by atoms with van der Waals surface area (Å²) in [6.45, 7) is 7.33. The molecule has 0 fully saturated rings. The van der Waals surface area contributed by atoms with E-state index in [1.54, 1.807) is 7.05 Å². The molecule has 0 spiro atoms. The Labute approximate surface area is 73.8 Å². The van der Waals surface area contributed by atoms with E-state index in [9.17, 15) is 4.79 Å². The summed E-state index contributed by atoms with van der Waals surface area (Å²) in [4.78, 5) is 11.1. The highest BCUT2D eigenvalue weighted by molar-refractivity contribution is 5.82. The van der Waals surface area contributed by atoms with E-state index in [1.807, 2.05) is 27.7 Å². The molecule has 0 atom stereocenters. The number of carbonyl (C=O) groups is 1. The van der Waals surface area contributed by atoms with E-state index >= 15 is 0 Å². The smallest absolute Gasteiger partial charge is 0.333 e. The van der Waals surface area contributed by atoms with Crippen molar-refractivity contribution in [1.29, 1.82) is 0 Å². The number of carbonyl (C=O) groups excluding carboxylic acids is 1. The lowest BCUT2D eigenvalue weighted by atomic mass is 10.2. The maximum absolute atomic E-state index is 11.1. The molecule has 0 aliphatic heterocycles. The highest BCUT2D eigenvalue weighted by Gasteiger charge is 2.14. The third kappa shape index (κ3) is 5.77. The van der Waals surface area contributed by atoms with Crippen LogP contribution in [-0.2, 0) is 9.53 Å². The second-order valence-electron chi connectivity index (χ2n) is 3.61. The summed E-state index contributed by atoms with van der Waals surface area (Å²) in [7, 11) is 1.76. The summed E-state index contributed by atoms with van der Waals surface area (Å²) in [5, 5.41) is 2.84. The van der Waals surface area contributed by atoms with Gasteiger partial charge >= 0.3 is 5.97 Å². The van der Waals surface area contributed by atoms with Crippen molar-refractivity contribution >= 4 is 5.97 Å². The summed E-state index contributed by atoms with van der Waals surface area (Å²) in [6.07, 6.45) is 1.44. The van der Waals surface area contributed by atoms with Gasteiger partial charge in [0.15, 0.2) is 0 Å². The number of allylic oxidation sites excluding steroid dienone is 1. The van der Waals surface area contributed by atoms with Crippen molar-refractivity contribution in [2.75, 3.05) is 7.05 Å². The lowest BCUT2D eigenvalue weighted by Crippen LogP contribution is -2.23. The van der Waals surface area contributed by atoms with E-state index in [4.69, 9.17) is 4.74 Å². The predicted molar refractivity (Wildman–Crippen MR) is 48.7 cm³/mol. The molecular weight excluding hydrogens is 154 g/mol. The van der Waals surface area contributed by atoms with Gasteiger partial charge in [-0.05, 0) is 27.7 Å². The molecule has 0 radical (unpaired) electrons. The van der Waals surface area contributed by atoms with Crippen LogP contribution in [0.2, 0.25) is 0 Å². The molecule has 1 N–H and O–H groups in total. The lowest BCUT2D eigenvalue weighted by molar-refractivity contribution is -0.148. The molecule has 70 valence electrons. The molecular formula is C9H17NO2. The highest BCUT2D eigenvalue weighted by atomic mass is 16.6. The van der Waals surface area contributed by atoms with Gasteiger partial charge in [0.05, 0.1) is 0 Å². The van der Waals surface area contributed by atoms with E-state index in [1.165, 1.54) is 6.08 Å². The topological polar surface area (TPSA) is 38.3 Å². The first-order valence-electron chi connectivity index (χ1n) is 3.94. The molecule has 0 bridgehead atoms. The quantitative estimate of drug-likeness (QED) is 0.505. The van der Waals surface area contributed by atoms with Gasteiger partial charge in [0.1, 0.15) is 5.60 Å². The van der Waals surface area contributed by atoms with Crippen LogP contribution in [-0.4, -0.2) is 18.6 Å². The SMILES string of the molecule is CNC(C)=CC(=O)OC(C)(C)C. The second-order valence-corrected chi connectivity index (χ2v) is 3.61. The lowest BCUT2D eigenvalue weighted by Gasteiger charge is -2.18. The van der Waals surface area contributed by atoms with Crippen molar-refractivity contribution in [2.24, 2.45) is 0 Å². The van der Waals surface area contributed by atoms with Gasteiger partial charge in [-0.25, -0.2) is 4.79 Å². The fourth-order valence-corrected chi connectivity index (χ4v) is 0.580. The van der Waals surface area contributed by atoms with Gasteiger partial charge in [0, 0.05) is 18.8 Å². The highest BCUT2D eigenvalue weighted by Crippen LogP contribution is 2.07. The van der Waals surface area contributed by atoms with Crippen LogP contribution < -0.4 is 5.32 Å². The Morgan fingerprint density at radius 3 is 2.25 bits per heavy atom. The van der Waals surface area contributed by atoms with Gasteiger partial charge in [-0.3, -0.25) is 0 Å². The Bertz CT molecular complexity index is 189. The first-order chi connectivity index (χ1) is 5.35. The fraction of sp³-hybridized carbons (Fsp3) is 0.667. The van der Waals surface area contributed by atoms with Gasteiger partial charge in [-0.1, -0.05) is 0 Å². The molecule has 0 saturated carbocycles. The number of hydrogen-bond acceptors (Lipinski definition) is 3. The zero-order valence-electron chi connectivity index (χ0n) is 8.39. The van der Waals surface area contributed by atoms with E-state index in [0.29, 0.717) is 0 Å². The van der Waals surface area contributed by atoms with Gasteiger partial charge in [0.2, 0.25) is 0 Å². The number of nitrogens with one attached hydrogen (secondary N) is 1. The van der Waals surface area contributed by atoms with E-state index in [0.717, 1.165) is 5.70 Å². The Balaban J connectivity index is 4.08. The minimum atomic E-state index is -0.415. The number of ether oxygens (including phenoxy) is 1. The Morgan fingerprint density at radius 2 is 1.92 bits per heavy atom. The first kappa shape index (κ1) is 11.0. The van der Waals surface area contributed by atoms with Crippen molar-refractivity contribution in [1.82, 2.24) is 5.32 Å². The third-order valence-electron chi connectivity index (χ3n) is 1.14. The van der Waals surface area contributed by atoms with Crippen LogP contribution in [0.1, 0.15) is 27.7 Å². The van der Waals surface area contributed by atoms with Crippen molar-refractivity contribution in [3.05, 3.63) is 11.8 Å². The van der Waals surface area contributed by atoms with Gasteiger partial charge in [0.25, 0.3) is 0 Å². The van der Waals surface area contributed by atoms with Crippen LogP contribution in [0, 0.1) is 0 Å². The van der Waals surface area contributed by atoms with Gasteiger partial charge in [-0.15, -0.1) is 0 Å². The minimum Gasteiger partial charge on any atom is -0.457 e. The zero-order valence-corrected chi connectivity index (χ0v) is 8.39. The molecule has 0 aromatic carbocycles. The molecule has 0 saturated heterocycles. The number of hydrogen-bond donors (Lipinski definition) is 1. The normalized spacial score (nSPS) is 12.6. The van der Waals surface area contributed by atoms with Crippen LogP contribution in [0.5, 0.6) is 0 Å². The second kappa shape index (κ2) is 4.14. The average molecular weight is 171 g/mol. The van der Waals surface area contributed by atoms with Crippen molar-refractivity contribution < 1.29 is 9.53 Å². The van der Waals surface area contributed by atoms with E-state index < -0.39 is 5.60 Å². The molecule has 0 aromatic rings. The molecule has 0 heterocycles. The minimum absolute atomic E-state index is 0.311. The number of rotatable bonds is 2. The van der Waals surface area contributed by atoms with Gasteiger partial charge in [-0.2, -0.15) is 0 Å². The monoisotopic (exact) mass is 171 g/mol. The van der Waals surface area contributed by atoms with Crippen molar-refractivity contribution in [2.45, 2.75) is 33.3 Å². The Kier molecular flexibility index (Phi) is 3.80. The maximum atomic E-state index is 11.1. The van der Waals surface area contributed by atoms with Crippen molar-refractivity contribution in [3.63, 3.8) is 0 Å². The average Bonchev–Trinajstić information content (AvgIpc) is 1.82. The molecule has 0 unspecified atom stereocenters. The molecule has 3 nitrogen and oxygen atoms in total. The summed E-state index contributed by atoms with van der Waals surface area (Å²) < 4.78 is 5.05. The van der Waals surface area contributed by atoms with Crippen LogP contribution in [0.4, 0.5) is 0 Å². The third-order valence-corrected chi connectivity index (χ3v) is 1.14. The summed E-state index contributed by atoms with van der Waals surface area (Å²) in [5.41, 5.74) is 0.381. The van der Waals surface area contributed by atoms with Crippen LogP contribution in [0.25, 0.3) is 0 Å². The van der Waals surface area contributed by atoms with Crippen LogP contribution in [0.15, 0.2) is 11.8 Å². The van der Waals surface area contributed by atoms with E-state index in [2.05, 4.69) is 5.32 Å². The van der Waals surface area contributed by atoms with Crippen LogP contribution >= 0.6 is 0 Å². The molecule has 0 aromatic heterocycles. The van der Waals surface area contributed by atoms with E-state index in [-0.39, 0.29) is 5.97 Å². The Hall–Kier alpha value is -0.990. The molecule has 0 rings (SSSR count). The number of esters is 1. The molecule has 3 heteroatoms. The van der Waals surface area contributed by atoms with Gasteiger partial charge < -0.3 is 10.1 Å². The van der Waals surface area contributed by atoms with Crippen molar-refractivity contribution in [3.8, 4) is 0 Å². The maximum Gasteiger partial charge on any atom is 0.333 e. The molecule has 0 amide bonds. The van der Waals surface area contributed by atoms with Crippen LogP contribution in [0.3, 0.4) is 0 Å². The summed E-state index contributed by atoms with van der Waals surface area (Å²) in [5.74, 6) is -0.311. The summed E-state index contributed by atoms with van der Waals surface area (Å²) >= 11 is 0. The predicted octanol–water partition coefficient (Wildman–Crippen LogP) is 1.45. The first-order valence-corrected chi connectivity index (χ1v) is 3.94. The standard InChI is InChI=1S/C9H17NO2/c1-7(10-5)6-8(11)12-9(2,3)4/h6,10H,1-5H3.